The Balaban J connectivity index is 1.40. The van der Waals surface area contributed by atoms with E-state index in [1.54, 1.807) is 48.7 Å². The Morgan fingerprint density at radius 3 is 2.66 bits per heavy atom. The molecule has 6 rings (SSSR count). The molecule has 0 fully saturated rings. The molecule has 0 bridgehead atoms. The van der Waals surface area contributed by atoms with Gasteiger partial charge in [-0.25, -0.2) is 4.98 Å². The highest BCUT2D eigenvalue weighted by molar-refractivity contribution is 5.85. The number of hydrogen-bond acceptors (Lipinski definition) is 8. The van der Waals surface area contributed by atoms with Crippen molar-refractivity contribution >= 4 is 33.8 Å². The number of benzene rings is 4. The van der Waals surface area contributed by atoms with Crippen LogP contribution in [0.4, 0.5) is 5.69 Å². The Kier molecular flexibility index (Phi) is 7.71. The van der Waals surface area contributed by atoms with Crippen molar-refractivity contribution < 1.29 is 18.8 Å². The summed E-state index contributed by atoms with van der Waals surface area (Å²) in [6.45, 7) is 3.95. The van der Waals surface area contributed by atoms with E-state index in [2.05, 4.69) is 11.7 Å². The van der Waals surface area contributed by atoms with E-state index in [1.807, 2.05) is 42.5 Å². The summed E-state index contributed by atoms with van der Waals surface area (Å²) < 4.78 is 19.0. The quantitative estimate of drug-likeness (QED) is 0.0739. The van der Waals surface area contributed by atoms with Gasteiger partial charge in [0.1, 0.15) is 12.2 Å². The molecule has 4 aromatic carbocycles. The number of ether oxygens (including phenoxy) is 2. The number of non-ortho nitro benzene ring substituents is 1. The lowest BCUT2D eigenvalue weighted by atomic mass is 10.1. The van der Waals surface area contributed by atoms with Crippen LogP contribution in [0.15, 0.2) is 118 Å². The topological polar surface area (TPSA) is 122 Å². The first-order chi connectivity index (χ1) is 21.4. The van der Waals surface area contributed by atoms with Gasteiger partial charge in [0.15, 0.2) is 17.3 Å². The number of nitro benzene ring substituents is 1. The molecule has 218 valence electrons. The molecule has 0 saturated carbocycles. The monoisotopic (exact) mass is 586 g/mol. The second kappa shape index (κ2) is 12.1. The minimum absolute atomic E-state index is 0.0172. The van der Waals surface area contributed by atoms with Gasteiger partial charge >= 0.3 is 0 Å². The van der Waals surface area contributed by atoms with Crippen molar-refractivity contribution in [3.05, 3.63) is 141 Å². The lowest BCUT2D eigenvalue weighted by Crippen LogP contribution is -2.20. The average Bonchev–Trinajstić information content (AvgIpc) is 3.48. The number of rotatable bonds is 10. The molecule has 0 spiro atoms. The van der Waals surface area contributed by atoms with Crippen LogP contribution in [0.25, 0.3) is 33.5 Å². The number of nitrogens with zero attached hydrogens (tertiary/aromatic N) is 4. The van der Waals surface area contributed by atoms with Gasteiger partial charge in [-0.3, -0.25) is 14.9 Å². The number of nitro groups is 1. The molecule has 10 nitrogen and oxygen atoms in total. The zero-order valence-electron chi connectivity index (χ0n) is 23.7. The summed E-state index contributed by atoms with van der Waals surface area (Å²) in [5.41, 5.74) is 2.86. The lowest BCUT2D eigenvalue weighted by Gasteiger charge is -2.16. The van der Waals surface area contributed by atoms with Crippen LogP contribution in [0.3, 0.4) is 0 Å². The Labute approximate surface area is 251 Å². The van der Waals surface area contributed by atoms with Gasteiger partial charge in [0.25, 0.3) is 11.2 Å². The van der Waals surface area contributed by atoms with E-state index in [1.165, 1.54) is 23.9 Å². The maximum atomic E-state index is 13.7. The highest BCUT2D eigenvalue weighted by atomic mass is 16.6. The van der Waals surface area contributed by atoms with Crippen molar-refractivity contribution in [2.45, 2.75) is 13.0 Å². The average molecular weight is 587 g/mol. The Hall–Kier alpha value is -6.03. The summed E-state index contributed by atoms with van der Waals surface area (Å²) >= 11 is 0. The van der Waals surface area contributed by atoms with Gasteiger partial charge in [-0.15, -0.1) is 6.58 Å². The lowest BCUT2D eigenvalue weighted by molar-refractivity contribution is -0.384. The van der Waals surface area contributed by atoms with E-state index in [0.717, 1.165) is 10.9 Å². The second-order valence-corrected chi connectivity index (χ2v) is 9.88. The third-order valence-electron chi connectivity index (χ3n) is 6.96. The van der Waals surface area contributed by atoms with Gasteiger partial charge in [0, 0.05) is 23.1 Å². The van der Waals surface area contributed by atoms with Crippen LogP contribution in [-0.4, -0.2) is 27.9 Å². The van der Waals surface area contributed by atoms with Crippen LogP contribution in [0.5, 0.6) is 11.5 Å². The van der Waals surface area contributed by atoms with Crippen molar-refractivity contribution in [2.24, 2.45) is 5.10 Å². The van der Waals surface area contributed by atoms with Crippen molar-refractivity contribution in [2.75, 3.05) is 7.11 Å². The molecule has 6 aromatic rings. The standard InChI is InChI=1S/C34H26N4O6/c1-3-9-25-16-23(18-30(42-2)32(25)43-21-22-10-8-12-26(17-22)38(40)41)20-35-37-33(31-19-24-11-4-7-15-29(24)44-31)36-28-14-6-5-13-27(28)34(37)39/h3-8,10-20H,1,9,21H2,2H3. The van der Waals surface area contributed by atoms with Crippen LogP contribution in [0, 0.1) is 10.1 Å². The smallest absolute Gasteiger partial charge is 0.282 e. The van der Waals surface area contributed by atoms with E-state index < -0.39 is 4.92 Å². The summed E-state index contributed by atoms with van der Waals surface area (Å²) in [4.78, 5) is 29.1. The number of furan rings is 1. The van der Waals surface area contributed by atoms with Gasteiger partial charge in [0.2, 0.25) is 5.82 Å². The molecule has 2 aromatic heterocycles. The van der Waals surface area contributed by atoms with E-state index in [0.29, 0.717) is 51.3 Å². The van der Waals surface area contributed by atoms with Crippen molar-refractivity contribution in [3.63, 3.8) is 0 Å². The number of methoxy groups -OCH3 is 1. The highest BCUT2D eigenvalue weighted by Gasteiger charge is 2.17. The molecule has 44 heavy (non-hydrogen) atoms. The Bertz CT molecular complexity index is 2100. The zero-order chi connectivity index (χ0) is 30.6. The summed E-state index contributed by atoms with van der Waals surface area (Å²) in [5, 5.41) is 17.0. The Morgan fingerprint density at radius 2 is 1.86 bits per heavy atom. The maximum absolute atomic E-state index is 13.7. The van der Waals surface area contributed by atoms with Crippen molar-refractivity contribution in [1.29, 1.82) is 0 Å². The summed E-state index contributed by atoms with van der Waals surface area (Å²) in [6.07, 6.45) is 3.72. The molecule has 0 radical (unpaired) electrons. The van der Waals surface area contributed by atoms with Gasteiger partial charge in [-0.2, -0.15) is 9.78 Å². The number of hydrogen-bond donors (Lipinski definition) is 0. The van der Waals surface area contributed by atoms with Gasteiger partial charge in [0.05, 0.1) is 29.2 Å². The summed E-state index contributed by atoms with van der Waals surface area (Å²) in [6, 6.07) is 26.3. The van der Waals surface area contributed by atoms with E-state index in [-0.39, 0.29) is 23.7 Å². The predicted octanol–water partition coefficient (Wildman–Crippen LogP) is 6.92. The molecular weight excluding hydrogens is 560 g/mol. The number of fused-ring (bicyclic) bond motifs is 2. The van der Waals surface area contributed by atoms with Crippen LogP contribution in [-0.2, 0) is 13.0 Å². The van der Waals surface area contributed by atoms with Gasteiger partial charge in [-0.05, 0) is 53.9 Å². The first kappa shape index (κ1) is 28.1. The Morgan fingerprint density at radius 1 is 1.05 bits per heavy atom. The number of aromatic nitrogens is 2. The highest BCUT2D eigenvalue weighted by Crippen LogP contribution is 2.34. The summed E-state index contributed by atoms with van der Waals surface area (Å²) in [7, 11) is 1.52. The fourth-order valence-corrected chi connectivity index (χ4v) is 4.90. The molecule has 0 saturated heterocycles. The zero-order valence-corrected chi connectivity index (χ0v) is 23.7. The second-order valence-electron chi connectivity index (χ2n) is 9.88. The van der Waals surface area contributed by atoms with E-state index >= 15 is 0 Å². The fourth-order valence-electron chi connectivity index (χ4n) is 4.90. The normalized spacial score (nSPS) is 11.3. The number of para-hydroxylation sites is 2. The van der Waals surface area contributed by atoms with Gasteiger partial charge < -0.3 is 13.9 Å². The van der Waals surface area contributed by atoms with E-state index in [4.69, 9.17) is 18.9 Å². The molecule has 0 amide bonds. The summed E-state index contributed by atoms with van der Waals surface area (Å²) in [5.74, 6) is 1.57. The maximum Gasteiger partial charge on any atom is 0.282 e. The largest absolute Gasteiger partial charge is 0.493 e. The van der Waals surface area contributed by atoms with Crippen LogP contribution >= 0.6 is 0 Å². The van der Waals surface area contributed by atoms with Crippen molar-refractivity contribution in [3.8, 4) is 23.1 Å². The minimum atomic E-state index is -0.447. The first-order valence-electron chi connectivity index (χ1n) is 13.7. The SMILES string of the molecule is C=CCc1cc(C=Nn2c(-c3cc4ccccc4o3)nc3ccccc3c2=O)cc(OC)c1OCc1cccc([N+](=O)[O-])c1. The van der Waals surface area contributed by atoms with Crippen LogP contribution in [0.1, 0.15) is 16.7 Å². The van der Waals surface area contributed by atoms with Crippen LogP contribution in [0.2, 0.25) is 0 Å². The molecule has 0 aliphatic heterocycles. The molecule has 0 aliphatic rings. The molecule has 0 aliphatic carbocycles. The molecule has 0 N–H and O–H groups in total. The molecule has 0 atom stereocenters. The minimum Gasteiger partial charge on any atom is -0.493 e. The van der Waals surface area contributed by atoms with E-state index in [9.17, 15) is 14.9 Å². The van der Waals surface area contributed by atoms with Crippen molar-refractivity contribution in [1.82, 2.24) is 9.66 Å². The molecule has 2 heterocycles. The predicted molar refractivity (Wildman–Crippen MR) is 169 cm³/mol. The third kappa shape index (κ3) is 5.56. The fraction of sp³-hybridized carbons (Fsp3) is 0.0882. The van der Waals surface area contributed by atoms with Gasteiger partial charge in [-0.1, -0.05) is 48.5 Å². The first-order valence-corrected chi connectivity index (χ1v) is 13.7. The van der Waals surface area contributed by atoms with Crippen LogP contribution < -0.4 is 15.0 Å². The number of allylic oxidation sites excluding steroid dienone is 1. The molecular formula is C34H26N4O6. The molecule has 10 heteroatoms. The molecule has 0 unspecified atom stereocenters. The third-order valence-corrected chi connectivity index (χ3v) is 6.96.